The molecule has 2 saturated heterocycles. The highest BCUT2D eigenvalue weighted by atomic mass is 15.6. The summed E-state index contributed by atoms with van der Waals surface area (Å²) in [7, 11) is 0. The molecule has 2 aromatic carbocycles. The molecule has 7 heteroatoms. The van der Waals surface area contributed by atoms with Crippen LogP contribution in [0.3, 0.4) is 0 Å². The van der Waals surface area contributed by atoms with E-state index in [0.717, 1.165) is 63.8 Å². The second kappa shape index (κ2) is 10.1. The molecule has 0 amide bonds. The number of nitrogens with zero attached hydrogens (tertiary/aromatic N) is 6. The van der Waals surface area contributed by atoms with Crippen LogP contribution in [0.5, 0.6) is 0 Å². The Labute approximate surface area is 242 Å². The average Bonchev–Trinajstić information content (AvgIpc) is 3.64. The summed E-state index contributed by atoms with van der Waals surface area (Å²) in [5, 5.41) is 1.11. The van der Waals surface area contributed by atoms with Crippen LogP contribution in [0.1, 0.15) is 44.1 Å². The van der Waals surface area contributed by atoms with Crippen LogP contribution in [-0.2, 0) is 0 Å². The van der Waals surface area contributed by atoms with Gasteiger partial charge < -0.3 is 9.80 Å². The normalized spacial score (nSPS) is 28.8. The molecule has 4 aliphatic heterocycles. The van der Waals surface area contributed by atoms with E-state index in [4.69, 9.17) is 15.8 Å². The summed E-state index contributed by atoms with van der Waals surface area (Å²) in [4.78, 5) is 20.2. The number of likely N-dealkylation sites (tertiary alicyclic amines) is 2. The molecule has 0 radical (unpaired) electrons. The third kappa shape index (κ3) is 4.39. The number of hydrogen-bond donors (Lipinski definition) is 1. The molecule has 1 atom stereocenters. The largest absolute Gasteiger partial charge is 0.300 e. The lowest BCUT2D eigenvalue weighted by atomic mass is 9.76. The van der Waals surface area contributed by atoms with E-state index in [0.29, 0.717) is 12.0 Å². The summed E-state index contributed by atoms with van der Waals surface area (Å²) in [6.45, 7) is 5.08. The minimum atomic E-state index is 0.0745. The van der Waals surface area contributed by atoms with Crippen molar-refractivity contribution in [2.24, 2.45) is 21.7 Å². The molecule has 1 unspecified atom stereocenters. The molecule has 1 aliphatic carbocycles. The molecule has 5 aliphatic rings. The second-order valence-corrected chi connectivity index (χ2v) is 12.4. The molecule has 3 fully saturated rings. The Morgan fingerprint density at radius 1 is 0.805 bits per heavy atom. The Balaban J connectivity index is 1.03. The molecule has 41 heavy (non-hydrogen) atoms. The van der Waals surface area contributed by atoms with E-state index in [-0.39, 0.29) is 4.59 Å². The molecule has 5 heterocycles. The highest BCUT2D eigenvalue weighted by molar-refractivity contribution is 6.02. The highest BCUT2D eigenvalue weighted by Gasteiger charge is 2.49. The highest BCUT2D eigenvalue weighted by Crippen LogP contribution is 2.44. The van der Waals surface area contributed by atoms with E-state index >= 15 is 0 Å². The average molecular weight is 545 g/mol. The topological polar surface area (TPSA) is 70.1 Å². The van der Waals surface area contributed by atoms with Gasteiger partial charge in [0.2, 0.25) is 5.70 Å². The molecule has 1 saturated carbocycles. The standard InChI is InChI=1S/C34H38N7/c35-41-19-14-36-23-32(41)33(27-20-29(21-27)40-17-12-28(13-18-40)39-15-4-5-16-39)38-34(41)26-9-8-25-10-11-30(37-31(25)22-26)24-6-2-1-3-7-24/h1-3,6-11,14,19,22-23,27-29H,4-5,12-13,15-18,20-21,35H2/q+1. The summed E-state index contributed by atoms with van der Waals surface area (Å²) >= 11 is 0. The number of allylic oxidation sites excluding steroid dienone is 2. The van der Waals surface area contributed by atoms with Crippen LogP contribution in [-0.4, -0.2) is 69.7 Å². The molecule has 3 aromatic rings. The lowest BCUT2D eigenvalue weighted by molar-refractivity contribution is -0.750. The summed E-state index contributed by atoms with van der Waals surface area (Å²) in [6.07, 6.45) is 13.4. The first-order chi connectivity index (χ1) is 20.2. The zero-order valence-electron chi connectivity index (χ0n) is 23.6. The minimum Gasteiger partial charge on any atom is -0.300 e. The summed E-state index contributed by atoms with van der Waals surface area (Å²) in [6, 6.07) is 22.4. The van der Waals surface area contributed by atoms with Gasteiger partial charge in [0.25, 0.3) is 5.84 Å². The quantitative estimate of drug-likeness (QED) is 0.342. The number of hydrogen-bond acceptors (Lipinski definition) is 6. The number of nitrogens with two attached hydrogens (primary N) is 1. The third-order valence-electron chi connectivity index (χ3n) is 10.0. The van der Waals surface area contributed by atoms with Crippen molar-refractivity contribution in [2.45, 2.75) is 50.6 Å². The zero-order chi connectivity index (χ0) is 27.4. The lowest BCUT2D eigenvalue weighted by Crippen LogP contribution is -2.53. The monoisotopic (exact) mass is 544 g/mol. The Bertz CT molecular complexity index is 1590. The van der Waals surface area contributed by atoms with Crippen LogP contribution in [0.4, 0.5) is 0 Å². The number of rotatable bonds is 5. The maximum atomic E-state index is 7.10. The van der Waals surface area contributed by atoms with E-state index < -0.39 is 0 Å². The van der Waals surface area contributed by atoms with Crippen LogP contribution in [0.25, 0.3) is 22.2 Å². The van der Waals surface area contributed by atoms with Crippen molar-refractivity contribution in [3.63, 3.8) is 0 Å². The second-order valence-electron chi connectivity index (χ2n) is 12.4. The maximum Gasteiger partial charge on any atom is 0.264 e. The number of amidine groups is 1. The Kier molecular flexibility index (Phi) is 6.22. The molecular weight excluding hydrogens is 506 g/mol. The van der Waals surface area contributed by atoms with Crippen LogP contribution in [0.2, 0.25) is 0 Å². The summed E-state index contributed by atoms with van der Waals surface area (Å²) in [5.41, 5.74) is 6.15. The molecule has 208 valence electrons. The van der Waals surface area contributed by atoms with Crippen molar-refractivity contribution in [1.29, 1.82) is 0 Å². The molecule has 7 nitrogen and oxygen atoms in total. The van der Waals surface area contributed by atoms with Gasteiger partial charge in [0.1, 0.15) is 11.9 Å². The zero-order valence-corrected chi connectivity index (χ0v) is 23.6. The van der Waals surface area contributed by atoms with Crippen molar-refractivity contribution in [1.82, 2.24) is 14.8 Å². The number of aliphatic imine (C=N–C) groups is 2. The van der Waals surface area contributed by atoms with E-state index in [9.17, 15) is 0 Å². The van der Waals surface area contributed by atoms with Gasteiger partial charge in [-0.3, -0.25) is 4.99 Å². The number of quaternary nitrogens is 1. The van der Waals surface area contributed by atoms with Gasteiger partial charge in [-0.05, 0) is 82.9 Å². The first kappa shape index (κ1) is 25.2. The molecule has 0 spiro atoms. The van der Waals surface area contributed by atoms with Gasteiger partial charge in [0, 0.05) is 29.0 Å². The fraction of sp³-hybridized carbons (Fsp3) is 0.382. The number of aromatic nitrogens is 1. The smallest absolute Gasteiger partial charge is 0.264 e. The molecule has 8 rings (SSSR count). The van der Waals surface area contributed by atoms with Gasteiger partial charge >= 0.3 is 0 Å². The van der Waals surface area contributed by atoms with Gasteiger partial charge in [0.15, 0.2) is 0 Å². The van der Waals surface area contributed by atoms with Gasteiger partial charge in [-0.2, -0.15) is 10.8 Å². The molecule has 0 bridgehead atoms. The van der Waals surface area contributed by atoms with E-state index in [1.807, 2.05) is 30.6 Å². The number of pyridine rings is 1. The third-order valence-corrected chi connectivity index (χ3v) is 10.0. The Morgan fingerprint density at radius 3 is 2.37 bits per heavy atom. The van der Waals surface area contributed by atoms with Gasteiger partial charge in [-0.25, -0.2) is 4.98 Å². The van der Waals surface area contributed by atoms with Gasteiger partial charge in [-0.15, -0.1) is 4.59 Å². The fourth-order valence-electron chi connectivity index (χ4n) is 7.56. The van der Waals surface area contributed by atoms with Gasteiger partial charge in [-0.1, -0.05) is 42.5 Å². The first-order valence-electron chi connectivity index (χ1n) is 15.3. The van der Waals surface area contributed by atoms with Crippen LogP contribution < -0.4 is 5.84 Å². The van der Waals surface area contributed by atoms with Crippen LogP contribution >= 0.6 is 0 Å². The van der Waals surface area contributed by atoms with E-state index in [1.165, 1.54) is 51.9 Å². The number of fused-ring (bicyclic) bond motifs is 2. The number of benzene rings is 2. The SMILES string of the molecule is N[N+]12C=CN=CC1=C(C1CC(N3CCC(N4CCCC4)CC3)C1)N=C2c1ccc2ccc(-c3ccccc3)nc2c1. The van der Waals surface area contributed by atoms with Crippen molar-refractivity contribution in [2.75, 3.05) is 26.2 Å². The lowest BCUT2D eigenvalue weighted by Gasteiger charge is -2.46. The Hall–Kier alpha value is -3.49. The van der Waals surface area contributed by atoms with E-state index in [2.05, 4.69) is 57.3 Å². The van der Waals surface area contributed by atoms with E-state index in [1.54, 1.807) is 6.20 Å². The number of piperidine rings is 1. The summed E-state index contributed by atoms with van der Waals surface area (Å²) < 4.78 is 0.0745. The van der Waals surface area contributed by atoms with Crippen molar-refractivity contribution < 1.29 is 4.59 Å². The summed E-state index contributed by atoms with van der Waals surface area (Å²) in [5.74, 6) is 8.37. The minimum absolute atomic E-state index is 0.0745. The van der Waals surface area contributed by atoms with Crippen molar-refractivity contribution in [3.05, 3.63) is 90.0 Å². The first-order valence-corrected chi connectivity index (χ1v) is 15.3. The molecular formula is C34H38N7+. The fourth-order valence-corrected chi connectivity index (χ4v) is 7.56. The van der Waals surface area contributed by atoms with Crippen LogP contribution in [0, 0.1) is 5.92 Å². The Morgan fingerprint density at radius 2 is 1.56 bits per heavy atom. The van der Waals surface area contributed by atoms with Crippen molar-refractivity contribution >= 4 is 23.0 Å². The molecule has 1 aromatic heterocycles. The molecule has 2 N–H and O–H groups in total. The van der Waals surface area contributed by atoms with Gasteiger partial charge in [0.05, 0.1) is 29.2 Å². The van der Waals surface area contributed by atoms with Crippen LogP contribution in [0.15, 0.2) is 94.4 Å². The predicted molar refractivity (Wildman–Crippen MR) is 165 cm³/mol. The van der Waals surface area contributed by atoms with Crippen molar-refractivity contribution in [3.8, 4) is 11.3 Å². The predicted octanol–water partition coefficient (Wildman–Crippen LogP) is 5.46. The maximum absolute atomic E-state index is 7.10.